The van der Waals surface area contributed by atoms with Gasteiger partial charge in [-0.3, -0.25) is 0 Å². The van der Waals surface area contributed by atoms with Crippen molar-refractivity contribution in [3.8, 4) is 0 Å². The van der Waals surface area contributed by atoms with Gasteiger partial charge in [-0.2, -0.15) is 4.85 Å². The Kier molecular flexibility index (Phi) is 0.714. The number of aryl methyl sites for hydroxylation is 1. The summed E-state index contributed by atoms with van der Waals surface area (Å²) in [6.45, 7) is 1.68. The lowest BCUT2D eigenvalue weighted by molar-refractivity contribution is -0.674. The molecule has 0 aliphatic heterocycles. The summed E-state index contributed by atoms with van der Waals surface area (Å²) in [6.07, 6.45) is 1.47. The molecule has 0 saturated heterocycles. The Morgan fingerprint density at radius 2 is 2.71 bits per heavy atom. The predicted molar refractivity (Wildman–Crippen MR) is 22.3 cm³/mol. The van der Waals surface area contributed by atoms with Crippen molar-refractivity contribution in [2.24, 2.45) is 0 Å². The molecule has 0 aliphatic rings. The minimum absolute atomic E-state index is 0.583. The molecular weight excluding hydrogens is 94.1 g/mol. The van der Waals surface area contributed by atoms with Crippen molar-refractivity contribution in [1.82, 2.24) is 10.3 Å². The van der Waals surface area contributed by atoms with Gasteiger partial charge < -0.3 is 5.21 Å². The smallest absolute Gasteiger partial charge is 0.209 e. The first-order chi connectivity index (χ1) is 3.30. The molecule has 1 aromatic rings. The van der Waals surface area contributed by atoms with Gasteiger partial charge in [0.25, 0.3) is 0 Å². The fourth-order valence-electron chi connectivity index (χ4n) is 0.306. The zero-order valence-electron chi connectivity index (χ0n) is 3.88. The largest absolute Gasteiger partial charge is 0.693 e. The van der Waals surface area contributed by atoms with Crippen molar-refractivity contribution >= 4 is 0 Å². The third-order valence-corrected chi connectivity index (χ3v) is 0.720. The van der Waals surface area contributed by atoms with Crippen LogP contribution in [-0.4, -0.2) is 10.3 Å². The normalized spacial score (nSPS) is 9.29. The topological polar surface area (TPSA) is 55.6 Å². The number of aromatic amines is 1. The van der Waals surface area contributed by atoms with E-state index in [4.69, 9.17) is 0 Å². The molecule has 7 heavy (non-hydrogen) atoms. The predicted octanol–water partition coefficient (Wildman–Crippen LogP) is -0.648. The Morgan fingerprint density at radius 3 is 2.86 bits per heavy atom. The molecule has 0 aliphatic carbocycles. The molecule has 1 heterocycles. The Balaban J connectivity index is 3.12. The molecule has 0 aromatic carbocycles. The van der Waals surface area contributed by atoms with Crippen LogP contribution < -0.4 is 4.85 Å². The van der Waals surface area contributed by atoms with Crippen LogP contribution in [0.15, 0.2) is 6.20 Å². The lowest BCUT2D eigenvalue weighted by Crippen LogP contribution is -2.30. The molecule has 38 valence electrons. The number of nitrogens with one attached hydrogen (secondary N) is 1. The first-order valence-electron chi connectivity index (χ1n) is 1.90. The summed E-state index contributed by atoms with van der Waals surface area (Å²) in [4.78, 5) is 0.597. The van der Waals surface area contributed by atoms with E-state index in [-0.39, 0.29) is 0 Å². The van der Waals surface area contributed by atoms with Crippen LogP contribution in [-0.2, 0) is 0 Å². The van der Waals surface area contributed by atoms with Gasteiger partial charge in [-0.05, 0) is 0 Å². The van der Waals surface area contributed by atoms with Crippen molar-refractivity contribution in [1.29, 1.82) is 0 Å². The molecule has 0 unspecified atom stereocenters. The lowest BCUT2D eigenvalue weighted by Gasteiger charge is -1.90. The van der Waals surface area contributed by atoms with Crippen LogP contribution in [0.4, 0.5) is 0 Å². The van der Waals surface area contributed by atoms with E-state index < -0.39 is 0 Å². The molecular formula is C3H5N3O. The number of hydrogen-bond donors (Lipinski definition) is 1. The molecule has 0 amide bonds. The van der Waals surface area contributed by atoms with Crippen LogP contribution >= 0.6 is 0 Å². The fraction of sp³-hybridized carbons (Fsp3) is 0.333. The third kappa shape index (κ3) is 0.534. The quantitative estimate of drug-likeness (QED) is 0.347. The average Bonchev–Trinajstić information content (AvgIpc) is 1.91. The highest BCUT2D eigenvalue weighted by molar-refractivity contribution is 4.76. The van der Waals surface area contributed by atoms with Gasteiger partial charge in [0.2, 0.25) is 6.20 Å². The maximum atomic E-state index is 10.2. The van der Waals surface area contributed by atoms with Crippen molar-refractivity contribution in [2.75, 3.05) is 0 Å². The van der Waals surface area contributed by atoms with Gasteiger partial charge in [0.05, 0.1) is 0 Å². The van der Waals surface area contributed by atoms with E-state index in [0.29, 0.717) is 10.5 Å². The molecule has 4 nitrogen and oxygen atoms in total. The summed E-state index contributed by atoms with van der Waals surface area (Å²) in [5.41, 5.74) is 0.583. The van der Waals surface area contributed by atoms with E-state index in [1.165, 1.54) is 6.20 Å². The van der Waals surface area contributed by atoms with Gasteiger partial charge in [-0.15, -0.1) is 0 Å². The molecule has 0 saturated carbocycles. The molecule has 1 rings (SSSR count). The first-order valence-corrected chi connectivity index (χ1v) is 1.90. The molecule has 0 radical (unpaired) electrons. The third-order valence-electron chi connectivity index (χ3n) is 0.720. The van der Waals surface area contributed by atoms with Crippen LogP contribution in [0.3, 0.4) is 0 Å². The molecule has 4 heteroatoms. The van der Waals surface area contributed by atoms with Crippen LogP contribution in [0.5, 0.6) is 0 Å². The summed E-state index contributed by atoms with van der Waals surface area (Å²) in [6, 6.07) is 0. The van der Waals surface area contributed by atoms with Gasteiger partial charge in [-0.1, -0.05) is 5.21 Å². The summed E-state index contributed by atoms with van der Waals surface area (Å²) in [5.74, 6) is 0. The number of hydrogen-bond acceptors (Lipinski definition) is 2. The maximum absolute atomic E-state index is 10.2. The standard InChI is InChI=1S/C3H5N3O/c1-3-2-4-5-6(3)7/h2,5H,1H3. The average molecular weight is 99.1 g/mol. The molecule has 1 aromatic heterocycles. The Bertz CT molecular complexity index is 142. The molecule has 0 bridgehead atoms. The second kappa shape index (κ2) is 1.22. The van der Waals surface area contributed by atoms with Crippen LogP contribution in [0.1, 0.15) is 5.69 Å². The second-order valence-corrected chi connectivity index (χ2v) is 1.29. The summed E-state index contributed by atoms with van der Waals surface area (Å²) >= 11 is 0. The zero-order chi connectivity index (χ0) is 5.28. The summed E-state index contributed by atoms with van der Waals surface area (Å²) < 4.78 is 0. The van der Waals surface area contributed by atoms with Crippen LogP contribution in [0.25, 0.3) is 0 Å². The van der Waals surface area contributed by atoms with Crippen LogP contribution in [0, 0.1) is 12.1 Å². The number of rotatable bonds is 0. The lowest BCUT2D eigenvalue weighted by atomic mass is 10.6. The van der Waals surface area contributed by atoms with E-state index in [2.05, 4.69) is 10.3 Å². The summed E-state index contributed by atoms with van der Waals surface area (Å²) in [5, 5.41) is 15.8. The number of aromatic nitrogens is 3. The van der Waals surface area contributed by atoms with Gasteiger partial charge in [0, 0.05) is 12.0 Å². The van der Waals surface area contributed by atoms with Gasteiger partial charge in [-0.25, -0.2) is 0 Å². The first kappa shape index (κ1) is 4.11. The monoisotopic (exact) mass is 99.0 g/mol. The van der Waals surface area contributed by atoms with Gasteiger partial charge >= 0.3 is 0 Å². The molecule has 0 fully saturated rings. The van der Waals surface area contributed by atoms with E-state index in [1.807, 2.05) is 0 Å². The van der Waals surface area contributed by atoms with E-state index in [0.717, 1.165) is 0 Å². The second-order valence-electron chi connectivity index (χ2n) is 1.29. The van der Waals surface area contributed by atoms with Crippen molar-refractivity contribution in [3.63, 3.8) is 0 Å². The van der Waals surface area contributed by atoms with E-state index in [9.17, 15) is 5.21 Å². The van der Waals surface area contributed by atoms with Crippen molar-refractivity contribution < 1.29 is 4.85 Å². The van der Waals surface area contributed by atoms with Gasteiger partial charge in [0.1, 0.15) is 0 Å². The Morgan fingerprint density at radius 1 is 2.00 bits per heavy atom. The van der Waals surface area contributed by atoms with E-state index >= 15 is 0 Å². The molecule has 0 atom stereocenters. The van der Waals surface area contributed by atoms with Gasteiger partial charge in [0.15, 0.2) is 5.69 Å². The fourth-order valence-corrected chi connectivity index (χ4v) is 0.306. The highest BCUT2D eigenvalue weighted by Crippen LogP contribution is 1.75. The highest BCUT2D eigenvalue weighted by Gasteiger charge is 1.92. The maximum Gasteiger partial charge on any atom is 0.209 e. The van der Waals surface area contributed by atoms with E-state index in [1.54, 1.807) is 6.92 Å². The Labute approximate surface area is 40.3 Å². The molecule has 0 spiro atoms. The van der Waals surface area contributed by atoms with Crippen LogP contribution in [0.2, 0.25) is 0 Å². The number of H-pyrrole nitrogens is 1. The highest BCUT2D eigenvalue weighted by atomic mass is 16.5. The minimum atomic E-state index is 0.583. The van der Waals surface area contributed by atoms with Crippen molar-refractivity contribution in [2.45, 2.75) is 6.92 Å². The SMILES string of the molecule is Cc1cn[nH][n+]1[O-]. The minimum Gasteiger partial charge on any atom is -0.693 e. The Hall–Kier alpha value is -1.06. The molecule has 1 N–H and O–H groups in total. The number of nitrogens with zero attached hydrogens (tertiary/aromatic N) is 2. The zero-order valence-corrected chi connectivity index (χ0v) is 3.88. The van der Waals surface area contributed by atoms with Crippen molar-refractivity contribution in [3.05, 3.63) is 17.1 Å². The summed E-state index contributed by atoms with van der Waals surface area (Å²) in [7, 11) is 0.